The molecule has 8 heteroatoms. The number of piperazine rings is 1. The zero-order valence-corrected chi connectivity index (χ0v) is 19.4. The summed E-state index contributed by atoms with van der Waals surface area (Å²) in [7, 11) is 0. The number of rotatable bonds is 5. The second-order valence-electron chi connectivity index (χ2n) is 9.39. The minimum absolute atomic E-state index is 0.0411. The van der Waals surface area contributed by atoms with Crippen LogP contribution in [-0.2, 0) is 9.53 Å². The van der Waals surface area contributed by atoms with E-state index in [-0.39, 0.29) is 18.0 Å². The number of carbonyl (C=O) groups excluding carboxylic acids is 2. The van der Waals surface area contributed by atoms with Crippen molar-refractivity contribution in [2.45, 2.75) is 65.0 Å². The first-order chi connectivity index (χ1) is 14.8. The van der Waals surface area contributed by atoms with Gasteiger partial charge in [-0.15, -0.1) is 0 Å². The summed E-state index contributed by atoms with van der Waals surface area (Å²) in [6.07, 6.45) is 5.76. The summed E-state index contributed by atoms with van der Waals surface area (Å²) in [6.45, 7) is 12.4. The standard InChI is InChI=1S/C23H37N5O3/c1-5-11-27-12-7-6-8-19(27)21(29)25-20-10-9-18(17-24-20)26-13-15-28(16-14-26)22(30)31-23(2,3)4/h9-10,17,19H,5-8,11-16H2,1-4H3,(H,24,25,29). The molecule has 1 unspecified atom stereocenters. The van der Waals surface area contributed by atoms with Gasteiger partial charge in [0.05, 0.1) is 17.9 Å². The molecule has 2 fully saturated rings. The number of piperidine rings is 1. The van der Waals surface area contributed by atoms with Crippen LogP contribution in [0.1, 0.15) is 53.4 Å². The Morgan fingerprint density at radius 3 is 2.48 bits per heavy atom. The Labute approximate surface area is 185 Å². The zero-order valence-electron chi connectivity index (χ0n) is 19.4. The molecule has 1 aromatic heterocycles. The van der Waals surface area contributed by atoms with Crippen molar-refractivity contribution in [3.8, 4) is 0 Å². The number of anilines is 2. The topological polar surface area (TPSA) is 78.0 Å². The van der Waals surface area contributed by atoms with E-state index in [0.29, 0.717) is 18.9 Å². The van der Waals surface area contributed by atoms with E-state index >= 15 is 0 Å². The van der Waals surface area contributed by atoms with E-state index in [2.05, 4.69) is 27.0 Å². The molecular formula is C23H37N5O3. The van der Waals surface area contributed by atoms with Crippen molar-refractivity contribution >= 4 is 23.5 Å². The predicted molar refractivity (Wildman–Crippen MR) is 122 cm³/mol. The second kappa shape index (κ2) is 10.3. The van der Waals surface area contributed by atoms with Gasteiger partial charge in [0, 0.05) is 26.2 Å². The second-order valence-corrected chi connectivity index (χ2v) is 9.39. The lowest BCUT2D eigenvalue weighted by Crippen LogP contribution is -2.50. The Morgan fingerprint density at radius 1 is 1.13 bits per heavy atom. The number of carbonyl (C=O) groups is 2. The average Bonchev–Trinajstić information content (AvgIpc) is 2.74. The minimum Gasteiger partial charge on any atom is -0.444 e. The molecule has 1 aromatic rings. The van der Waals surface area contributed by atoms with Crippen molar-refractivity contribution in [2.75, 3.05) is 49.5 Å². The van der Waals surface area contributed by atoms with E-state index in [1.807, 2.05) is 32.9 Å². The van der Waals surface area contributed by atoms with Gasteiger partial charge in [-0.2, -0.15) is 0 Å². The number of hydrogen-bond donors (Lipinski definition) is 1. The van der Waals surface area contributed by atoms with Crippen molar-refractivity contribution < 1.29 is 14.3 Å². The average molecular weight is 432 g/mol. The molecule has 2 aliphatic rings. The van der Waals surface area contributed by atoms with E-state index in [1.54, 1.807) is 11.1 Å². The highest BCUT2D eigenvalue weighted by molar-refractivity contribution is 5.94. The van der Waals surface area contributed by atoms with Crippen LogP contribution in [0.5, 0.6) is 0 Å². The lowest BCUT2D eigenvalue weighted by Gasteiger charge is -2.36. The van der Waals surface area contributed by atoms with Crippen LogP contribution in [0.4, 0.5) is 16.3 Å². The number of pyridine rings is 1. The molecule has 1 N–H and O–H groups in total. The van der Waals surface area contributed by atoms with Gasteiger partial charge in [0.2, 0.25) is 5.91 Å². The van der Waals surface area contributed by atoms with Crippen LogP contribution < -0.4 is 10.2 Å². The number of likely N-dealkylation sites (tertiary alicyclic amines) is 1. The molecule has 3 heterocycles. The van der Waals surface area contributed by atoms with Crippen molar-refractivity contribution in [1.82, 2.24) is 14.8 Å². The molecule has 0 saturated carbocycles. The Balaban J connectivity index is 1.51. The summed E-state index contributed by atoms with van der Waals surface area (Å²) in [5.41, 5.74) is 0.510. The Bertz CT molecular complexity index is 737. The number of aromatic nitrogens is 1. The number of nitrogens with one attached hydrogen (secondary N) is 1. The highest BCUT2D eigenvalue weighted by Gasteiger charge is 2.29. The Morgan fingerprint density at radius 2 is 1.87 bits per heavy atom. The SMILES string of the molecule is CCCN1CCCCC1C(=O)Nc1ccc(N2CCN(C(=O)OC(C)(C)C)CC2)cn1. The number of hydrogen-bond acceptors (Lipinski definition) is 6. The van der Waals surface area contributed by atoms with Crippen LogP contribution in [0.3, 0.4) is 0 Å². The fourth-order valence-corrected chi connectivity index (χ4v) is 4.17. The molecule has 0 aliphatic carbocycles. The summed E-state index contributed by atoms with van der Waals surface area (Å²) >= 11 is 0. The van der Waals surface area contributed by atoms with Gasteiger partial charge >= 0.3 is 6.09 Å². The minimum atomic E-state index is -0.483. The van der Waals surface area contributed by atoms with Gasteiger partial charge in [0.15, 0.2) is 0 Å². The predicted octanol–water partition coefficient (Wildman–Crippen LogP) is 3.34. The molecular weight excluding hydrogens is 394 g/mol. The fourth-order valence-electron chi connectivity index (χ4n) is 4.17. The maximum absolute atomic E-state index is 12.8. The highest BCUT2D eigenvalue weighted by Crippen LogP contribution is 2.21. The van der Waals surface area contributed by atoms with Crippen LogP contribution in [0.2, 0.25) is 0 Å². The zero-order chi connectivity index (χ0) is 22.4. The first kappa shape index (κ1) is 23.3. The number of ether oxygens (including phenoxy) is 1. The molecule has 172 valence electrons. The van der Waals surface area contributed by atoms with Gasteiger partial charge in [-0.3, -0.25) is 9.69 Å². The Hall–Kier alpha value is -2.35. The van der Waals surface area contributed by atoms with E-state index < -0.39 is 5.60 Å². The quantitative estimate of drug-likeness (QED) is 0.770. The van der Waals surface area contributed by atoms with Crippen molar-refractivity contribution in [1.29, 1.82) is 0 Å². The number of nitrogens with zero attached hydrogens (tertiary/aromatic N) is 4. The van der Waals surface area contributed by atoms with Gasteiger partial charge in [0.1, 0.15) is 11.4 Å². The van der Waals surface area contributed by atoms with Gasteiger partial charge in [0.25, 0.3) is 0 Å². The molecule has 2 amide bonds. The molecule has 8 nitrogen and oxygen atoms in total. The monoisotopic (exact) mass is 431 g/mol. The largest absolute Gasteiger partial charge is 0.444 e. The van der Waals surface area contributed by atoms with Gasteiger partial charge < -0.3 is 19.9 Å². The van der Waals surface area contributed by atoms with Crippen molar-refractivity contribution in [2.24, 2.45) is 0 Å². The smallest absolute Gasteiger partial charge is 0.410 e. The van der Waals surface area contributed by atoms with E-state index in [1.165, 1.54) is 0 Å². The van der Waals surface area contributed by atoms with Crippen LogP contribution in [0, 0.1) is 0 Å². The normalized spacial score (nSPS) is 20.5. The number of amides is 2. The molecule has 0 radical (unpaired) electrons. The lowest BCUT2D eigenvalue weighted by atomic mass is 10.0. The van der Waals surface area contributed by atoms with E-state index in [0.717, 1.165) is 57.5 Å². The maximum atomic E-state index is 12.8. The van der Waals surface area contributed by atoms with Gasteiger partial charge in [-0.05, 0) is 65.3 Å². The molecule has 0 aromatic carbocycles. The summed E-state index contributed by atoms with van der Waals surface area (Å²) in [5, 5.41) is 2.99. The van der Waals surface area contributed by atoms with Crippen molar-refractivity contribution in [3.05, 3.63) is 18.3 Å². The molecule has 2 saturated heterocycles. The third-order valence-corrected chi connectivity index (χ3v) is 5.72. The molecule has 1 atom stereocenters. The third kappa shape index (κ3) is 6.56. The van der Waals surface area contributed by atoms with Crippen molar-refractivity contribution in [3.63, 3.8) is 0 Å². The molecule has 2 aliphatic heterocycles. The molecule has 3 rings (SSSR count). The van der Waals surface area contributed by atoms with Gasteiger partial charge in [-0.25, -0.2) is 9.78 Å². The molecule has 0 spiro atoms. The van der Waals surface area contributed by atoms with Crippen LogP contribution in [0.25, 0.3) is 0 Å². The summed E-state index contributed by atoms with van der Waals surface area (Å²) in [4.78, 5) is 35.7. The van der Waals surface area contributed by atoms with E-state index in [9.17, 15) is 9.59 Å². The first-order valence-electron chi connectivity index (χ1n) is 11.5. The van der Waals surface area contributed by atoms with Crippen LogP contribution in [-0.4, -0.2) is 77.7 Å². The molecule has 31 heavy (non-hydrogen) atoms. The Kier molecular flexibility index (Phi) is 7.75. The van der Waals surface area contributed by atoms with Crippen LogP contribution in [0.15, 0.2) is 18.3 Å². The highest BCUT2D eigenvalue weighted by atomic mass is 16.6. The fraction of sp³-hybridized carbons (Fsp3) is 0.696. The lowest BCUT2D eigenvalue weighted by molar-refractivity contribution is -0.122. The van der Waals surface area contributed by atoms with Crippen LogP contribution >= 0.6 is 0 Å². The summed E-state index contributed by atoms with van der Waals surface area (Å²) in [5.74, 6) is 0.627. The summed E-state index contributed by atoms with van der Waals surface area (Å²) in [6, 6.07) is 3.78. The third-order valence-electron chi connectivity index (χ3n) is 5.72. The van der Waals surface area contributed by atoms with E-state index in [4.69, 9.17) is 4.74 Å². The summed E-state index contributed by atoms with van der Waals surface area (Å²) < 4.78 is 5.46. The van der Waals surface area contributed by atoms with Gasteiger partial charge in [-0.1, -0.05) is 13.3 Å². The molecule has 0 bridgehead atoms. The maximum Gasteiger partial charge on any atom is 0.410 e. The first-order valence-corrected chi connectivity index (χ1v) is 11.5.